The molecule has 0 spiro atoms. The maximum atomic E-state index is 14.4. The second kappa shape index (κ2) is 10.6. The van der Waals surface area contributed by atoms with Crippen molar-refractivity contribution in [1.82, 2.24) is 0 Å². The number of rotatable bonds is 3. The third kappa shape index (κ3) is 5.54. The SMILES string of the molecule is CCCC#Cc1ccc(C#Cc2ccc(-c3cc(F)c(N=C=S)c(F)c3)cc2C)c(F)c1. The van der Waals surface area contributed by atoms with Gasteiger partial charge in [0, 0.05) is 17.5 Å². The lowest BCUT2D eigenvalue weighted by Crippen LogP contribution is -1.90. The molecule has 0 radical (unpaired) electrons. The van der Waals surface area contributed by atoms with E-state index in [1.165, 1.54) is 18.2 Å². The lowest BCUT2D eigenvalue weighted by atomic mass is 9.99. The molecule has 0 aliphatic carbocycles. The molecule has 158 valence electrons. The van der Waals surface area contributed by atoms with Crippen molar-refractivity contribution in [3.63, 3.8) is 0 Å². The highest BCUT2D eigenvalue weighted by Gasteiger charge is 2.12. The first-order valence-corrected chi connectivity index (χ1v) is 10.3. The van der Waals surface area contributed by atoms with Gasteiger partial charge in [-0.15, -0.1) is 0 Å². The summed E-state index contributed by atoms with van der Waals surface area (Å²) in [4.78, 5) is 3.41. The van der Waals surface area contributed by atoms with E-state index in [4.69, 9.17) is 0 Å². The number of benzene rings is 3. The fraction of sp³-hybridized carbons (Fsp3) is 0.148. The first kappa shape index (κ1) is 23.0. The molecule has 0 atom stereocenters. The van der Waals surface area contributed by atoms with Crippen LogP contribution in [-0.2, 0) is 0 Å². The van der Waals surface area contributed by atoms with Gasteiger partial charge in [0.05, 0.1) is 10.7 Å². The van der Waals surface area contributed by atoms with Gasteiger partial charge in [-0.25, -0.2) is 13.2 Å². The minimum absolute atomic E-state index is 0.272. The summed E-state index contributed by atoms with van der Waals surface area (Å²) in [6.07, 6.45) is 1.72. The van der Waals surface area contributed by atoms with Gasteiger partial charge in [0.1, 0.15) is 11.5 Å². The number of thiocarbonyl (C=S) groups is 1. The quantitative estimate of drug-likeness (QED) is 0.233. The van der Waals surface area contributed by atoms with Gasteiger partial charge in [-0.05, 0) is 78.7 Å². The molecule has 1 nitrogen and oxygen atoms in total. The van der Waals surface area contributed by atoms with Crippen molar-refractivity contribution in [2.24, 2.45) is 4.99 Å². The van der Waals surface area contributed by atoms with Gasteiger partial charge in [0.25, 0.3) is 0 Å². The predicted molar refractivity (Wildman–Crippen MR) is 125 cm³/mol. The normalized spacial score (nSPS) is 9.78. The molecule has 0 N–H and O–H groups in total. The van der Waals surface area contributed by atoms with E-state index in [1.807, 2.05) is 19.0 Å². The zero-order chi connectivity index (χ0) is 23.1. The number of isothiocyanates is 1. The van der Waals surface area contributed by atoms with E-state index >= 15 is 0 Å². The Morgan fingerprint density at radius 3 is 2.12 bits per heavy atom. The zero-order valence-corrected chi connectivity index (χ0v) is 18.3. The standard InChI is InChI=1S/C27H18F3NS/c1-3-4-5-6-19-7-8-21(24(28)14-19)11-9-20-10-12-22(13-18(20)2)23-15-25(29)27(31-17-32)26(30)16-23/h7-8,10,12-16H,3-4H2,1-2H3. The zero-order valence-electron chi connectivity index (χ0n) is 17.5. The lowest BCUT2D eigenvalue weighted by Gasteiger charge is -2.07. The highest BCUT2D eigenvalue weighted by atomic mass is 32.1. The topological polar surface area (TPSA) is 12.4 Å². The molecule has 5 heteroatoms. The molecule has 0 aliphatic heterocycles. The van der Waals surface area contributed by atoms with Crippen molar-refractivity contribution in [2.75, 3.05) is 0 Å². The van der Waals surface area contributed by atoms with Crippen molar-refractivity contribution in [1.29, 1.82) is 0 Å². The van der Waals surface area contributed by atoms with Crippen LogP contribution in [0.1, 0.15) is 42.0 Å². The fourth-order valence-corrected chi connectivity index (χ4v) is 3.08. The highest BCUT2D eigenvalue weighted by Crippen LogP contribution is 2.30. The van der Waals surface area contributed by atoms with Crippen LogP contribution in [0.4, 0.5) is 18.9 Å². The Kier molecular flexibility index (Phi) is 7.63. The third-order valence-corrected chi connectivity index (χ3v) is 4.73. The Balaban J connectivity index is 1.87. The van der Waals surface area contributed by atoms with E-state index < -0.39 is 23.1 Å². The molecule has 0 aliphatic rings. The van der Waals surface area contributed by atoms with E-state index in [9.17, 15) is 13.2 Å². The number of hydrogen-bond donors (Lipinski definition) is 0. The summed E-state index contributed by atoms with van der Waals surface area (Å²) >= 11 is 4.41. The number of hydrogen-bond acceptors (Lipinski definition) is 2. The maximum Gasteiger partial charge on any atom is 0.153 e. The van der Waals surface area contributed by atoms with Gasteiger partial charge in [0.15, 0.2) is 11.6 Å². The highest BCUT2D eigenvalue weighted by molar-refractivity contribution is 7.78. The van der Waals surface area contributed by atoms with E-state index in [2.05, 4.69) is 40.9 Å². The summed E-state index contributed by atoms with van der Waals surface area (Å²) in [6.45, 7) is 3.86. The molecule has 0 saturated carbocycles. The number of halogens is 3. The minimum atomic E-state index is -0.822. The van der Waals surface area contributed by atoms with E-state index in [1.54, 1.807) is 30.3 Å². The van der Waals surface area contributed by atoms with Gasteiger partial charge in [0.2, 0.25) is 0 Å². The van der Waals surface area contributed by atoms with Crippen LogP contribution in [0.2, 0.25) is 0 Å². The monoisotopic (exact) mass is 445 g/mol. The summed E-state index contributed by atoms with van der Waals surface area (Å²) in [5.41, 5.74) is 2.87. The Morgan fingerprint density at radius 1 is 0.812 bits per heavy atom. The van der Waals surface area contributed by atoms with Crippen molar-refractivity contribution in [3.8, 4) is 34.8 Å². The van der Waals surface area contributed by atoms with Gasteiger partial charge < -0.3 is 0 Å². The Morgan fingerprint density at radius 2 is 1.50 bits per heavy atom. The molecule has 3 rings (SSSR count). The molecule has 0 amide bonds. The van der Waals surface area contributed by atoms with Crippen LogP contribution < -0.4 is 0 Å². The first-order chi connectivity index (χ1) is 15.4. The van der Waals surface area contributed by atoms with Crippen LogP contribution >= 0.6 is 12.2 Å². The third-order valence-electron chi connectivity index (χ3n) is 4.64. The molecule has 0 saturated heterocycles. The number of unbranched alkanes of at least 4 members (excludes halogenated alkanes) is 1. The van der Waals surface area contributed by atoms with Crippen molar-refractivity contribution >= 4 is 23.1 Å². The van der Waals surface area contributed by atoms with Gasteiger partial charge in [-0.3, -0.25) is 0 Å². The predicted octanol–water partition coefficient (Wildman–Crippen LogP) is 7.37. The summed E-state index contributed by atoms with van der Waals surface area (Å²) in [6, 6.07) is 12.3. The van der Waals surface area contributed by atoms with Crippen LogP contribution in [0.3, 0.4) is 0 Å². The molecule has 0 aromatic heterocycles. The van der Waals surface area contributed by atoms with E-state index in [0.717, 1.165) is 18.4 Å². The van der Waals surface area contributed by atoms with Crippen LogP contribution in [-0.4, -0.2) is 5.16 Å². The number of aliphatic imine (C=N–C) groups is 1. The van der Waals surface area contributed by atoms with E-state index in [-0.39, 0.29) is 5.56 Å². The van der Waals surface area contributed by atoms with Crippen LogP contribution in [0, 0.1) is 48.1 Å². The maximum absolute atomic E-state index is 14.4. The largest absolute Gasteiger partial charge is 0.206 e. The molecule has 3 aromatic carbocycles. The molecule has 0 bridgehead atoms. The molecule has 0 fully saturated rings. The molecule has 3 aromatic rings. The van der Waals surface area contributed by atoms with Crippen LogP contribution in [0.5, 0.6) is 0 Å². The number of aryl methyl sites for hydroxylation is 1. The molecular weight excluding hydrogens is 427 g/mol. The van der Waals surface area contributed by atoms with Gasteiger partial charge >= 0.3 is 0 Å². The van der Waals surface area contributed by atoms with Crippen LogP contribution in [0.25, 0.3) is 11.1 Å². The van der Waals surface area contributed by atoms with Crippen molar-refractivity contribution in [3.05, 3.63) is 88.2 Å². The average molecular weight is 446 g/mol. The Bertz CT molecular complexity index is 1320. The summed E-state index contributed by atoms with van der Waals surface area (Å²) in [5, 5.41) is 1.97. The fourth-order valence-electron chi connectivity index (χ4n) is 2.99. The van der Waals surface area contributed by atoms with Gasteiger partial charge in [-0.2, -0.15) is 4.99 Å². The minimum Gasteiger partial charge on any atom is -0.206 e. The second-order valence-electron chi connectivity index (χ2n) is 7.02. The summed E-state index contributed by atoms with van der Waals surface area (Å²) in [5.74, 6) is 9.64. The molecular formula is C27H18F3NS. The van der Waals surface area contributed by atoms with Gasteiger partial charge in [-0.1, -0.05) is 42.7 Å². The first-order valence-electron chi connectivity index (χ1n) is 9.91. The van der Waals surface area contributed by atoms with Crippen molar-refractivity contribution in [2.45, 2.75) is 26.7 Å². The van der Waals surface area contributed by atoms with E-state index in [0.29, 0.717) is 22.3 Å². The Labute approximate surface area is 191 Å². The Hall–Kier alpha value is -3.63. The number of nitrogens with zero attached hydrogens (tertiary/aromatic N) is 1. The summed E-state index contributed by atoms with van der Waals surface area (Å²) in [7, 11) is 0. The van der Waals surface area contributed by atoms with Crippen molar-refractivity contribution < 1.29 is 13.2 Å². The van der Waals surface area contributed by atoms with Crippen LogP contribution in [0.15, 0.2) is 53.5 Å². The molecule has 0 unspecified atom stereocenters. The smallest absolute Gasteiger partial charge is 0.153 e. The molecule has 0 heterocycles. The lowest BCUT2D eigenvalue weighted by molar-refractivity contribution is 0.588. The summed E-state index contributed by atoms with van der Waals surface area (Å²) < 4.78 is 42.6. The molecule has 32 heavy (non-hydrogen) atoms. The second-order valence-corrected chi connectivity index (χ2v) is 7.20. The average Bonchev–Trinajstić information content (AvgIpc) is 2.76.